The number of ether oxygens (including phenoxy) is 1. The van der Waals surface area contributed by atoms with E-state index in [0.717, 1.165) is 0 Å². The van der Waals surface area contributed by atoms with Gasteiger partial charge in [0.1, 0.15) is 5.75 Å². The van der Waals surface area contributed by atoms with Gasteiger partial charge in [-0.1, -0.05) is 12.1 Å². The van der Waals surface area contributed by atoms with E-state index in [1.165, 1.54) is 7.11 Å². The molecule has 1 aromatic heterocycles. The molecule has 0 aliphatic rings. The molecule has 0 radical (unpaired) electrons. The van der Waals surface area contributed by atoms with Crippen molar-refractivity contribution in [3.8, 4) is 5.75 Å². The van der Waals surface area contributed by atoms with Gasteiger partial charge in [-0.05, 0) is 42.0 Å². The Labute approximate surface area is 173 Å². The predicted molar refractivity (Wildman–Crippen MR) is 110 cm³/mol. The van der Waals surface area contributed by atoms with Gasteiger partial charge in [0.2, 0.25) is 11.7 Å². The second-order valence-electron chi connectivity index (χ2n) is 6.68. The molecule has 0 fully saturated rings. The number of aromatic nitrogens is 2. The highest BCUT2D eigenvalue weighted by Crippen LogP contribution is 2.24. The number of hydrogen-bond donors (Lipinski definition) is 2. The lowest BCUT2D eigenvalue weighted by molar-refractivity contribution is -0.140. The largest absolute Gasteiger partial charge is 0.497 e. The van der Waals surface area contributed by atoms with Crippen LogP contribution in [0, 0.1) is 0 Å². The van der Waals surface area contributed by atoms with Crippen molar-refractivity contribution < 1.29 is 24.2 Å². The molecule has 1 unspecified atom stereocenters. The zero-order chi connectivity index (χ0) is 21.7. The van der Waals surface area contributed by atoms with E-state index in [1.807, 2.05) is 0 Å². The Kier molecular flexibility index (Phi) is 6.26. The van der Waals surface area contributed by atoms with E-state index in [-0.39, 0.29) is 12.2 Å². The lowest BCUT2D eigenvalue weighted by Crippen LogP contribution is -2.21. The maximum absolute atomic E-state index is 12.4. The van der Waals surface area contributed by atoms with E-state index < -0.39 is 17.8 Å². The van der Waals surface area contributed by atoms with Crippen molar-refractivity contribution in [1.82, 2.24) is 9.55 Å². The molecule has 0 spiro atoms. The summed E-state index contributed by atoms with van der Waals surface area (Å²) in [4.78, 5) is 40.5. The van der Waals surface area contributed by atoms with E-state index in [4.69, 9.17) is 4.74 Å². The molecule has 1 heterocycles. The third-order valence-corrected chi connectivity index (χ3v) is 4.66. The summed E-state index contributed by atoms with van der Waals surface area (Å²) in [5.74, 6) is -1.83. The molecule has 0 saturated carbocycles. The van der Waals surface area contributed by atoms with Gasteiger partial charge in [0.05, 0.1) is 13.0 Å². The minimum absolute atomic E-state index is 0.227. The normalized spacial score (nSPS) is 11.5. The first-order valence-electron chi connectivity index (χ1n) is 9.17. The highest BCUT2D eigenvalue weighted by molar-refractivity contribution is 6.07. The third kappa shape index (κ3) is 4.72. The molecule has 1 amide bonds. The Hall–Kier alpha value is -3.94. The number of methoxy groups -OCH3 is 1. The van der Waals surface area contributed by atoms with Crippen LogP contribution in [0.3, 0.4) is 0 Å². The molecule has 0 aliphatic heterocycles. The number of nitrogens with one attached hydrogen (secondary N) is 1. The number of aliphatic carboxylic acids is 1. The number of nitrogens with zero attached hydrogens (tertiary/aromatic N) is 2. The van der Waals surface area contributed by atoms with E-state index in [0.29, 0.717) is 28.4 Å². The maximum Gasteiger partial charge on any atom is 0.311 e. The van der Waals surface area contributed by atoms with Crippen LogP contribution in [0.25, 0.3) is 0 Å². The summed E-state index contributed by atoms with van der Waals surface area (Å²) in [7, 11) is 3.25. The van der Waals surface area contributed by atoms with E-state index in [1.54, 1.807) is 72.5 Å². The first kappa shape index (κ1) is 20.8. The third-order valence-electron chi connectivity index (χ3n) is 4.66. The average Bonchev–Trinajstić information content (AvgIpc) is 3.18. The summed E-state index contributed by atoms with van der Waals surface area (Å²) in [6.07, 6.45) is 3.00. The van der Waals surface area contributed by atoms with Crippen LogP contribution in [0.5, 0.6) is 5.75 Å². The van der Waals surface area contributed by atoms with Gasteiger partial charge in [-0.25, -0.2) is 4.98 Å². The Bertz CT molecular complexity index is 1060. The number of amides is 1. The molecule has 3 aromatic rings. The lowest BCUT2D eigenvalue weighted by atomic mass is 9.95. The van der Waals surface area contributed by atoms with Crippen LogP contribution < -0.4 is 10.1 Å². The van der Waals surface area contributed by atoms with Crippen molar-refractivity contribution >= 4 is 23.3 Å². The number of rotatable bonds is 8. The fraction of sp³-hybridized carbons (Fsp3) is 0.182. The van der Waals surface area contributed by atoms with Gasteiger partial charge in [-0.15, -0.1) is 0 Å². The van der Waals surface area contributed by atoms with Crippen LogP contribution in [0.1, 0.15) is 34.1 Å². The Morgan fingerprint density at radius 3 is 2.30 bits per heavy atom. The lowest BCUT2D eigenvalue weighted by Gasteiger charge is -2.13. The smallest absolute Gasteiger partial charge is 0.311 e. The number of carboxylic acids is 1. The minimum atomic E-state index is -1.09. The number of benzene rings is 2. The predicted octanol–water partition coefficient (Wildman–Crippen LogP) is 2.86. The molecule has 0 aliphatic carbocycles. The molecule has 0 bridgehead atoms. The van der Waals surface area contributed by atoms with Crippen molar-refractivity contribution in [3.05, 3.63) is 77.9 Å². The maximum atomic E-state index is 12.4. The number of hydrogen-bond acceptors (Lipinski definition) is 5. The van der Waals surface area contributed by atoms with Crippen LogP contribution in [-0.2, 0) is 16.6 Å². The van der Waals surface area contributed by atoms with Crippen molar-refractivity contribution in [3.63, 3.8) is 0 Å². The summed E-state index contributed by atoms with van der Waals surface area (Å²) in [5, 5.41) is 12.2. The summed E-state index contributed by atoms with van der Waals surface area (Å²) in [6.45, 7) is 0. The zero-order valence-corrected chi connectivity index (χ0v) is 16.5. The zero-order valence-electron chi connectivity index (χ0n) is 16.5. The van der Waals surface area contributed by atoms with E-state index in [9.17, 15) is 19.5 Å². The fourth-order valence-corrected chi connectivity index (χ4v) is 3.00. The average molecular weight is 407 g/mol. The molecule has 2 aromatic carbocycles. The van der Waals surface area contributed by atoms with Crippen LogP contribution >= 0.6 is 0 Å². The Balaban J connectivity index is 1.66. The number of anilines is 1. The van der Waals surface area contributed by atoms with Crippen LogP contribution in [-0.4, -0.2) is 39.4 Å². The quantitative estimate of drug-likeness (QED) is 0.556. The highest BCUT2D eigenvalue weighted by Gasteiger charge is 2.23. The van der Waals surface area contributed by atoms with Gasteiger partial charge in [0.15, 0.2) is 5.82 Å². The summed E-state index contributed by atoms with van der Waals surface area (Å²) in [5.41, 5.74) is 1.41. The van der Waals surface area contributed by atoms with Crippen molar-refractivity contribution in [2.45, 2.75) is 12.3 Å². The summed E-state index contributed by atoms with van der Waals surface area (Å²) < 4.78 is 6.70. The number of imidazole rings is 1. The number of aryl methyl sites for hydroxylation is 1. The molecule has 0 saturated heterocycles. The van der Waals surface area contributed by atoms with Gasteiger partial charge in [-0.2, -0.15) is 0 Å². The number of carbonyl (C=O) groups is 3. The van der Waals surface area contributed by atoms with Gasteiger partial charge in [0.25, 0.3) is 0 Å². The topological polar surface area (TPSA) is 111 Å². The molecular weight excluding hydrogens is 386 g/mol. The van der Waals surface area contributed by atoms with Crippen LogP contribution in [0.2, 0.25) is 0 Å². The molecule has 8 heteroatoms. The van der Waals surface area contributed by atoms with Gasteiger partial charge < -0.3 is 19.7 Å². The molecule has 30 heavy (non-hydrogen) atoms. The van der Waals surface area contributed by atoms with Gasteiger partial charge in [-0.3, -0.25) is 14.4 Å². The second-order valence-corrected chi connectivity index (χ2v) is 6.68. The molecule has 2 N–H and O–H groups in total. The van der Waals surface area contributed by atoms with Gasteiger partial charge in [0, 0.05) is 37.1 Å². The standard InChI is InChI=1S/C22H21N3O5/c1-25-12-11-23-21(25)20(27)15-3-7-16(8-4-15)24-19(26)13-18(22(28)29)14-5-9-17(30-2)10-6-14/h3-12,18H,13H2,1-2H3,(H,24,26)(H,28,29). The van der Waals surface area contributed by atoms with E-state index in [2.05, 4.69) is 10.3 Å². The van der Waals surface area contributed by atoms with Crippen molar-refractivity contribution in [2.24, 2.45) is 7.05 Å². The molecule has 154 valence electrons. The Morgan fingerprint density at radius 2 is 1.77 bits per heavy atom. The van der Waals surface area contributed by atoms with Crippen molar-refractivity contribution in [1.29, 1.82) is 0 Å². The van der Waals surface area contributed by atoms with E-state index >= 15 is 0 Å². The van der Waals surface area contributed by atoms with Crippen LogP contribution in [0.15, 0.2) is 60.9 Å². The fourth-order valence-electron chi connectivity index (χ4n) is 3.00. The monoisotopic (exact) mass is 407 g/mol. The van der Waals surface area contributed by atoms with Gasteiger partial charge >= 0.3 is 5.97 Å². The molecule has 8 nitrogen and oxygen atoms in total. The molecule has 1 atom stereocenters. The number of ketones is 1. The molecular formula is C22H21N3O5. The number of carbonyl (C=O) groups excluding carboxylic acids is 2. The minimum Gasteiger partial charge on any atom is -0.497 e. The summed E-state index contributed by atoms with van der Waals surface area (Å²) in [6, 6.07) is 12.9. The Morgan fingerprint density at radius 1 is 1.10 bits per heavy atom. The SMILES string of the molecule is COc1ccc(C(CC(=O)Nc2ccc(C(=O)c3nccn3C)cc2)C(=O)O)cc1. The number of carboxylic acid groups (broad SMARTS) is 1. The molecule has 3 rings (SSSR count). The van der Waals surface area contributed by atoms with Crippen LogP contribution in [0.4, 0.5) is 5.69 Å². The first-order chi connectivity index (χ1) is 14.4. The highest BCUT2D eigenvalue weighted by atomic mass is 16.5. The second kappa shape index (κ2) is 9.04. The first-order valence-corrected chi connectivity index (χ1v) is 9.17. The summed E-state index contributed by atoms with van der Waals surface area (Å²) >= 11 is 0. The van der Waals surface area contributed by atoms with Crippen molar-refractivity contribution in [2.75, 3.05) is 12.4 Å².